The molecule has 3 nitrogen and oxygen atoms in total. The van der Waals surface area contributed by atoms with Crippen LogP contribution in [0.15, 0.2) is 30.3 Å². The molecule has 0 atom stereocenters. The van der Waals surface area contributed by atoms with Crippen molar-refractivity contribution in [3.05, 3.63) is 30.3 Å². The third-order valence-electron chi connectivity index (χ3n) is 4.35. The zero-order valence-electron chi connectivity index (χ0n) is 12.7. The van der Waals surface area contributed by atoms with Crippen molar-refractivity contribution < 1.29 is 4.79 Å². The number of para-hydroxylation sites is 1. The highest BCUT2D eigenvalue weighted by molar-refractivity contribution is 5.94. The lowest BCUT2D eigenvalue weighted by atomic mass is 9.94. The molecule has 110 valence electrons. The van der Waals surface area contributed by atoms with Crippen LogP contribution in [0.5, 0.6) is 0 Å². The predicted octanol–water partition coefficient (Wildman–Crippen LogP) is 3.30. The van der Waals surface area contributed by atoms with E-state index in [2.05, 4.69) is 11.8 Å². The van der Waals surface area contributed by atoms with Gasteiger partial charge in [-0.3, -0.25) is 9.69 Å². The van der Waals surface area contributed by atoms with Crippen LogP contribution in [0.4, 0.5) is 5.69 Å². The number of amides is 1. The fourth-order valence-electron chi connectivity index (χ4n) is 3.02. The average molecular weight is 274 g/mol. The summed E-state index contributed by atoms with van der Waals surface area (Å²) in [6.07, 6.45) is 6.46. The second-order valence-electron chi connectivity index (χ2n) is 5.64. The van der Waals surface area contributed by atoms with Gasteiger partial charge in [-0.05, 0) is 31.5 Å². The van der Waals surface area contributed by atoms with Gasteiger partial charge in [0, 0.05) is 18.8 Å². The van der Waals surface area contributed by atoms with E-state index in [-0.39, 0.29) is 5.91 Å². The van der Waals surface area contributed by atoms with Crippen molar-refractivity contribution in [1.82, 2.24) is 4.90 Å². The monoisotopic (exact) mass is 274 g/mol. The van der Waals surface area contributed by atoms with E-state index in [4.69, 9.17) is 0 Å². The minimum absolute atomic E-state index is 0.184. The van der Waals surface area contributed by atoms with Crippen LogP contribution in [0.3, 0.4) is 0 Å². The molecule has 1 aromatic rings. The molecule has 0 radical (unpaired) electrons. The maximum Gasteiger partial charge on any atom is 0.240 e. The molecule has 3 heteroatoms. The molecule has 0 aromatic heterocycles. The van der Waals surface area contributed by atoms with E-state index in [1.807, 2.05) is 37.4 Å². The van der Waals surface area contributed by atoms with E-state index in [0.717, 1.165) is 12.2 Å². The van der Waals surface area contributed by atoms with Crippen molar-refractivity contribution >= 4 is 11.6 Å². The van der Waals surface area contributed by atoms with Crippen molar-refractivity contribution in [2.45, 2.75) is 45.1 Å². The molecule has 20 heavy (non-hydrogen) atoms. The molecule has 0 aliphatic heterocycles. The van der Waals surface area contributed by atoms with E-state index in [1.165, 1.54) is 32.1 Å². The van der Waals surface area contributed by atoms with Crippen LogP contribution in [0.1, 0.15) is 39.0 Å². The van der Waals surface area contributed by atoms with Crippen LogP contribution >= 0.6 is 0 Å². The number of carbonyl (C=O) groups is 1. The highest BCUT2D eigenvalue weighted by Gasteiger charge is 2.23. The van der Waals surface area contributed by atoms with Crippen molar-refractivity contribution in [3.63, 3.8) is 0 Å². The maximum atomic E-state index is 12.4. The van der Waals surface area contributed by atoms with Crippen LogP contribution in [-0.2, 0) is 4.79 Å². The highest BCUT2D eigenvalue weighted by Crippen LogP contribution is 2.22. The molecule has 0 unspecified atom stereocenters. The third-order valence-corrected chi connectivity index (χ3v) is 4.35. The minimum atomic E-state index is 0.184. The molecule has 0 heterocycles. The predicted molar refractivity (Wildman–Crippen MR) is 84.0 cm³/mol. The highest BCUT2D eigenvalue weighted by atomic mass is 16.2. The summed E-state index contributed by atoms with van der Waals surface area (Å²) in [4.78, 5) is 16.6. The van der Waals surface area contributed by atoms with E-state index in [9.17, 15) is 4.79 Å². The Hall–Kier alpha value is -1.35. The van der Waals surface area contributed by atoms with Gasteiger partial charge in [0.05, 0.1) is 6.54 Å². The molecule has 0 spiro atoms. The summed E-state index contributed by atoms with van der Waals surface area (Å²) in [6.45, 7) is 3.65. The molecular weight excluding hydrogens is 248 g/mol. The Labute approximate surface area is 122 Å². The molecule has 1 saturated carbocycles. The Kier molecular flexibility index (Phi) is 5.60. The lowest BCUT2D eigenvalue weighted by molar-refractivity contribution is -0.120. The first-order valence-electron chi connectivity index (χ1n) is 7.78. The number of carbonyl (C=O) groups excluding carboxylic acids is 1. The van der Waals surface area contributed by atoms with E-state index in [0.29, 0.717) is 12.6 Å². The smallest absolute Gasteiger partial charge is 0.240 e. The van der Waals surface area contributed by atoms with E-state index in [1.54, 1.807) is 4.90 Å². The van der Waals surface area contributed by atoms with Crippen LogP contribution in [0.2, 0.25) is 0 Å². The molecule has 1 aliphatic rings. The molecule has 1 aromatic carbocycles. The number of rotatable bonds is 5. The van der Waals surface area contributed by atoms with Crippen LogP contribution < -0.4 is 4.90 Å². The Morgan fingerprint density at radius 1 is 1.15 bits per heavy atom. The van der Waals surface area contributed by atoms with Gasteiger partial charge in [0.15, 0.2) is 0 Å². The van der Waals surface area contributed by atoms with Gasteiger partial charge < -0.3 is 4.90 Å². The number of hydrogen-bond acceptors (Lipinski definition) is 2. The van der Waals surface area contributed by atoms with Crippen LogP contribution in [0, 0.1) is 0 Å². The SMILES string of the molecule is CCN(CC(=O)N(C)c1ccccc1)C1CCCCC1. The zero-order valence-corrected chi connectivity index (χ0v) is 12.7. The lowest BCUT2D eigenvalue weighted by Crippen LogP contribution is -2.44. The van der Waals surface area contributed by atoms with Crippen LogP contribution in [-0.4, -0.2) is 37.0 Å². The Morgan fingerprint density at radius 2 is 1.80 bits per heavy atom. The Balaban J connectivity index is 1.94. The fourth-order valence-corrected chi connectivity index (χ4v) is 3.02. The standard InChI is InChI=1S/C17H26N2O/c1-3-19(16-12-8-5-9-13-16)14-17(20)18(2)15-10-6-4-7-11-15/h4,6-7,10-11,16H,3,5,8-9,12-14H2,1-2H3. The van der Waals surface area contributed by atoms with Crippen molar-refractivity contribution in [3.8, 4) is 0 Å². The first-order chi connectivity index (χ1) is 9.72. The van der Waals surface area contributed by atoms with Gasteiger partial charge in [-0.1, -0.05) is 44.4 Å². The average Bonchev–Trinajstić information content (AvgIpc) is 2.53. The van der Waals surface area contributed by atoms with Gasteiger partial charge in [0.2, 0.25) is 5.91 Å². The van der Waals surface area contributed by atoms with Gasteiger partial charge in [-0.2, -0.15) is 0 Å². The molecule has 0 N–H and O–H groups in total. The maximum absolute atomic E-state index is 12.4. The van der Waals surface area contributed by atoms with Gasteiger partial charge in [-0.25, -0.2) is 0 Å². The van der Waals surface area contributed by atoms with Crippen molar-refractivity contribution in [2.75, 3.05) is 25.0 Å². The molecular formula is C17H26N2O. The largest absolute Gasteiger partial charge is 0.314 e. The molecule has 0 saturated heterocycles. The molecule has 0 bridgehead atoms. The summed E-state index contributed by atoms with van der Waals surface area (Å²) in [5.74, 6) is 0.184. The Bertz CT molecular complexity index is 412. The number of nitrogens with zero attached hydrogens (tertiary/aromatic N) is 2. The fraction of sp³-hybridized carbons (Fsp3) is 0.588. The molecule has 1 amide bonds. The molecule has 1 aliphatic carbocycles. The first-order valence-corrected chi connectivity index (χ1v) is 7.78. The summed E-state index contributed by atoms with van der Waals surface area (Å²) in [5, 5.41) is 0. The summed E-state index contributed by atoms with van der Waals surface area (Å²) in [5.41, 5.74) is 0.970. The van der Waals surface area contributed by atoms with Gasteiger partial charge in [-0.15, -0.1) is 0 Å². The zero-order chi connectivity index (χ0) is 14.4. The van der Waals surface area contributed by atoms with Gasteiger partial charge in [0.25, 0.3) is 0 Å². The van der Waals surface area contributed by atoms with Crippen molar-refractivity contribution in [1.29, 1.82) is 0 Å². The number of likely N-dealkylation sites (N-methyl/N-ethyl adjacent to an activating group) is 2. The summed E-state index contributed by atoms with van der Waals surface area (Å²) in [6, 6.07) is 10.5. The molecule has 2 rings (SSSR count). The summed E-state index contributed by atoms with van der Waals surface area (Å²) >= 11 is 0. The summed E-state index contributed by atoms with van der Waals surface area (Å²) in [7, 11) is 1.87. The van der Waals surface area contributed by atoms with Crippen molar-refractivity contribution in [2.24, 2.45) is 0 Å². The number of hydrogen-bond donors (Lipinski definition) is 0. The van der Waals surface area contributed by atoms with E-state index >= 15 is 0 Å². The van der Waals surface area contributed by atoms with Gasteiger partial charge >= 0.3 is 0 Å². The van der Waals surface area contributed by atoms with E-state index < -0.39 is 0 Å². The second-order valence-corrected chi connectivity index (χ2v) is 5.64. The summed E-state index contributed by atoms with van der Waals surface area (Å²) < 4.78 is 0. The first kappa shape index (κ1) is 15.0. The second kappa shape index (κ2) is 7.44. The third kappa shape index (κ3) is 3.83. The van der Waals surface area contributed by atoms with Gasteiger partial charge in [0.1, 0.15) is 0 Å². The van der Waals surface area contributed by atoms with Crippen LogP contribution in [0.25, 0.3) is 0 Å². The topological polar surface area (TPSA) is 23.6 Å². The quantitative estimate of drug-likeness (QED) is 0.822. The molecule has 1 fully saturated rings. The number of benzene rings is 1. The minimum Gasteiger partial charge on any atom is -0.314 e. The number of anilines is 1. The Morgan fingerprint density at radius 3 is 2.40 bits per heavy atom. The normalized spacial score (nSPS) is 16.4. The lowest BCUT2D eigenvalue weighted by Gasteiger charge is -2.34.